The monoisotopic (exact) mass is 399 g/mol. The molecule has 3 aromatic carbocycles. The molecule has 0 saturated heterocycles. The maximum absolute atomic E-state index is 14.6. The summed E-state index contributed by atoms with van der Waals surface area (Å²) in [7, 11) is 0. The molecule has 4 rings (SSSR count). The summed E-state index contributed by atoms with van der Waals surface area (Å²) in [4.78, 5) is 16.9. The number of aromatic nitrogens is 2. The molecule has 4 nitrogen and oxygen atoms in total. The molecular formula is C25H22FN3O. The average molecular weight is 399 g/mol. The third kappa shape index (κ3) is 4.30. The molecular weight excluding hydrogens is 377 g/mol. The third-order valence-electron chi connectivity index (χ3n) is 5.05. The summed E-state index contributed by atoms with van der Waals surface area (Å²) in [6.45, 7) is 2.07. The van der Waals surface area contributed by atoms with E-state index in [9.17, 15) is 9.18 Å². The van der Waals surface area contributed by atoms with E-state index in [1.165, 1.54) is 6.07 Å². The van der Waals surface area contributed by atoms with Crippen molar-refractivity contribution in [2.45, 2.75) is 19.9 Å². The standard InChI is InChI=1S/C25H22FN3O/c1-18-27-13-14-29(18)24-12-11-20(16-23(24)26)17-28-25(30)22-10-6-5-9-21(22)15-19-7-3-2-4-8-19/h2-14,16H,15,17H2,1H3,(H,28,30). The largest absolute Gasteiger partial charge is 0.348 e. The second kappa shape index (κ2) is 8.74. The lowest BCUT2D eigenvalue weighted by Gasteiger charge is -2.12. The SMILES string of the molecule is Cc1nccn1-c1ccc(CNC(=O)c2ccccc2Cc2ccccc2)cc1F. The van der Waals surface area contributed by atoms with Gasteiger partial charge in [-0.05, 0) is 48.2 Å². The van der Waals surface area contributed by atoms with Crippen LogP contribution in [0.25, 0.3) is 5.69 Å². The van der Waals surface area contributed by atoms with E-state index in [0.717, 1.165) is 11.1 Å². The molecule has 1 amide bonds. The van der Waals surface area contributed by atoms with Gasteiger partial charge in [-0.15, -0.1) is 0 Å². The van der Waals surface area contributed by atoms with Crippen LogP contribution in [0.15, 0.2) is 85.2 Å². The number of rotatable bonds is 6. The zero-order chi connectivity index (χ0) is 20.9. The number of halogens is 1. The lowest BCUT2D eigenvalue weighted by atomic mass is 9.99. The fraction of sp³-hybridized carbons (Fsp3) is 0.120. The van der Waals surface area contributed by atoms with Crippen LogP contribution in [0.1, 0.15) is 32.9 Å². The van der Waals surface area contributed by atoms with Crippen LogP contribution in [0.2, 0.25) is 0 Å². The van der Waals surface area contributed by atoms with E-state index in [4.69, 9.17) is 0 Å². The Morgan fingerprint density at radius 1 is 1.00 bits per heavy atom. The quantitative estimate of drug-likeness (QED) is 0.504. The van der Waals surface area contributed by atoms with Gasteiger partial charge in [-0.25, -0.2) is 9.37 Å². The van der Waals surface area contributed by atoms with Crippen LogP contribution in [-0.4, -0.2) is 15.5 Å². The third-order valence-corrected chi connectivity index (χ3v) is 5.05. The molecule has 1 heterocycles. The van der Waals surface area contributed by atoms with Crippen LogP contribution < -0.4 is 5.32 Å². The minimum Gasteiger partial charge on any atom is -0.348 e. The van der Waals surface area contributed by atoms with Crippen LogP contribution in [0, 0.1) is 12.7 Å². The first-order valence-electron chi connectivity index (χ1n) is 9.80. The molecule has 0 aliphatic carbocycles. The maximum Gasteiger partial charge on any atom is 0.251 e. The number of hydrogen-bond donors (Lipinski definition) is 1. The van der Waals surface area contributed by atoms with E-state index >= 15 is 0 Å². The van der Waals surface area contributed by atoms with Crippen molar-refractivity contribution >= 4 is 5.91 Å². The first-order chi connectivity index (χ1) is 14.6. The number of aryl methyl sites for hydroxylation is 1. The predicted molar refractivity (Wildman–Crippen MR) is 115 cm³/mol. The molecule has 0 saturated carbocycles. The van der Waals surface area contributed by atoms with Gasteiger partial charge in [0.25, 0.3) is 5.91 Å². The Kier molecular flexibility index (Phi) is 5.70. The fourth-order valence-electron chi connectivity index (χ4n) is 3.48. The zero-order valence-corrected chi connectivity index (χ0v) is 16.7. The number of nitrogens with zero attached hydrogens (tertiary/aromatic N) is 2. The van der Waals surface area contributed by atoms with Gasteiger partial charge in [0.05, 0.1) is 5.69 Å². The molecule has 4 aromatic rings. The predicted octanol–water partition coefficient (Wildman–Crippen LogP) is 4.84. The van der Waals surface area contributed by atoms with Crippen molar-refractivity contribution in [2.24, 2.45) is 0 Å². The van der Waals surface area contributed by atoms with Crippen LogP contribution >= 0.6 is 0 Å². The Morgan fingerprint density at radius 2 is 1.77 bits per heavy atom. The van der Waals surface area contributed by atoms with E-state index < -0.39 is 0 Å². The molecule has 0 spiro atoms. The van der Waals surface area contributed by atoms with Gasteiger partial charge >= 0.3 is 0 Å². The maximum atomic E-state index is 14.6. The molecule has 0 aliphatic rings. The fourth-order valence-corrected chi connectivity index (χ4v) is 3.48. The first kappa shape index (κ1) is 19.6. The Morgan fingerprint density at radius 3 is 2.50 bits per heavy atom. The van der Waals surface area contributed by atoms with Crippen LogP contribution in [0.3, 0.4) is 0 Å². The molecule has 0 fully saturated rings. The normalized spacial score (nSPS) is 10.7. The van der Waals surface area contributed by atoms with Gasteiger partial charge in [-0.3, -0.25) is 4.79 Å². The summed E-state index contributed by atoms with van der Waals surface area (Å²) in [5.41, 5.74) is 3.87. The number of benzene rings is 3. The highest BCUT2D eigenvalue weighted by Gasteiger charge is 2.12. The molecule has 0 unspecified atom stereocenters. The topological polar surface area (TPSA) is 46.9 Å². The van der Waals surface area contributed by atoms with E-state index in [1.807, 2.05) is 67.6 Å². The Bertz CT molecular complexity index is 1170. The summed E-state index contributed by atoms with van der Waals surface area (Å²) in [5.74, 6) is 0.189. The Labute approximate surface area is 175 Å². The van der Waals surface area contributed by atoms with Crippen LogP contribution in [-0.2, 0) is 13.0 Å². The molecule has 30 heavy (non-hydrogen) atoms. The van der Waals surface area contributed by atoms with Crippen LogP contribution in [0.4, 0.5) is 4.39 Å². The summed E-state index contributed by atoms with van der Waals surface area (Å²) in [6, 6.07) is 22.6. The van der Waals surface area contributed by atoms with E-state index in [1.54, 1.807) is 23.0 Å². The van der Waals surface area contributed by atoms with Gasteiger partial charge in [0.2, 0.25) is 0 Å². The average Bonchev–Trinajstić information content (AvgIpc) is 3.19. The van der Waals surface area contributed by atoms with Gasteiger partial charge in [-0.1, -0.05) is 54.6 Å². The number of nitrogens with one attached hydrogen (secondary N) is 1. The van der Waals surface area contributed by atoms with Crippen LogP contribution in [0.5, 0.6) is 0 Å². The molecule has 1 N–H and O–H groups in total. The minimum absolute atomic E-state index is 0.170. The zero-order valence-electron chi connectivity index (χ0n) is 16.7. The van der Waals surface area contributed by atoms with Crippen molar-refractivity contribution < 1.29 is 9.18 Å². The molecule has 0 aliphatic heterocycles. The Balaban J connectivity index is 1.47. The lowest BCUT2D eigenvalue weighted by molar-refractivity contribution is 0.0950. The minimum atomic E-state index is -0.354. The number of carbonyl (C=O) groups is 1. The highest BCUT2D eigenvalue weighted by atomic mass is 19.1. The van der Waals surface area contributed by atoms with Gasteiger partial charge < -0.3 is 9.88 Å². The molecule has 150 valence electrons. The molecule has 5 heteroatoms. The van der Waals surface area contributed by atoms with Crippen molar-refractivity contribution in [3.63, 3.8) is 0 Å². The van der Waals surface area contributed by atoms with Crippen molar-refractivity contribution in [3.05, 3.63) is 119 Å². The van der Waals surface area contributed by atoms with Crippen molar-refractivity contribution in [1.82, 2.24) is 14.9 Å². The van der Waals surface area contributed by atoms with Gasteiger partial charge in [0.1, 0.15) is 11.6 Å². The number of hydrogen-bond acceptors (Lipinski definition) is 2. The van der Waals surface area contributed by atoms with E-state index in [0.29, 0.717) is 29.1 Å². The second-order valence-electron chi connectivity index (χ2n) is 7.13. The number of imidazole rings is 1. The van der Waals surface area contributed by atoms with Crippen molar-refractivity contribution in [3.8, 4) is 5.69 Å². The van der Waals surface area contributed by atoms with E-state index in [2.05, 4.69) is 10.3 Å². The summed E-state index contributed by atoms with van der Waals surface area (Å²) in [5, 5.41) is 2.91. The molecule has 0 radical (unpaired) electrons. The highest BCUT2D eigenvalue weighted by molar-refractivity contribution is 5.95. The van der Waals surface area contributed by atoms with Gasteiger partial charge in [0, 0.05) is 24.5 Å². The summed E-state index contributed by atoms with van der Waals surface area (Å²) >= 11 is 0. The molecule has 0 bridgehead atoms. The number of amides is 1. The highest BCUT2D eigenvalue weighted by Crippen LogP contribution is 2.18. The molecule has 1 aromatic heterocycles. The van der Waals surface area contributed by atoms with Gasteiger partial charge in [0.15, 0.2) is 0 Å². The second-order valence-corrected chi connectivity index (χ2v) is 7.13. The smallest absolute Gasteiger partial charge is 0.251 e. The van der Waals surface area contributed by atoms with Crippen molar-refractivity contribution in [1.29, 1.82) is 0 Å². The lowest BCUT2D eigenvalue weighted by Crippen LogP contribution is -2.24. The van der Waals surface area contributed by atoms with Gasteiger partial charge in [-0.2, -0.15) is 0 Å². The molecule has 0 atom stereocenters. The summed E-state index contributed by atoms with van der Waals surface area (Å²) in [6.07, 6.45) is 4.03. The van der Waals surface area contributed by atoms with Crippen molar-refractivity contribution in [2.75, 3.05) is 0 Å². The van der Waals surface area contributed by atoms with E-state index in [-0.39, 0.29) is 18.3 Å². The Hall–Kier alpha value is -3.73. The summed E-state index contributed by atoms with van der Waals surface area (Å²) < 4.78 is 16.3. The first-order valence-corrected chi connectivity index (χ1v) is 9.80. The number of carbonyl (C=O) groups excluding carboxylic acids is 1.